The third-order valence-corrected chi connectivity index (χ3v) is 4.72. The fourth-order valence-corrected chi connectivity index (χ4v) is 3.71. The number of amidine groups is 1. The lowest BCUT2D eigenvalue weighted by molar-refractivity contribution is -0.255. The van der Waals surface area contributed by atoms with Crippen LogP contribution in [0.2, 0.25) is 0 Å². The Kier molecular flexibility index (Phi) is 3.91. The molecule has 0 spiro atoms. The number of ether oxygens (including phenoxy) is 1. The van der Waals surface area contributed by atoms with Crippen LogP contribution >= 0.6 is 0 Å². The van der Waals surface area contributed by atoms with E-state index in [1.54, 1.807) is 0 Å². The number of piperazine rings is 1. The summed E-state index contributed by atoms with van der Waals surface area (Å²) in [6.45, 7) is 12.0. The van der Waals surface area contributed by atoms with Crippen LogP contribution in [0.3, 0.4) is 0 Å². The van der Waals surface area contributed by atoms with Crippen LogP contribution in [0.25, 0.3) is 0 Å². The molecule has 2 saturated heterocycles. The van der Waals surface area contributed by atoms with E-state index in [1.165, 1.54) is 5.06 Å². The highest BCUT2D eigenvalue weighted by Gasteiger charge is 2.46. The molecule has 0 bridgehead atoms. The highest BCUT2D eigenvalue weighted by Crippen LogP contribution is 2.38. The molecule has 3 aliphatic rings. The van der Waals surface area contributed by atoms with E-state index < -0.39 is 0 Å². The molecule has 0 radical (unpaired) electrons. The normalized spacial score (nSPS) is 28.7. The van der Waals surface area contributed by atoms with Gasteiger partial charge in [-0.2, -0.15) is 5.06 Å². The van der Waals surface area contributed by atoms with E-state index in [0.29, 0.717) is 5.90 Å². The average molecular weight is 309 g/mol. The molecule has 3 aliphatic heterocycles. The first-order chi connectivity index (χ1) is 10.3. The van der Waals surface area contributed by atoms with Crippen molar-refractivity contribution in [3.8, 4) is 0 Å². The second kappa shape index (κ2) is 5.47. The van der Waals surface area contributed by atoms with Gasteiger partial charge in [0.1, 0.15) is 6.10 Å². The van der Waals surface area contributed by atoms with E-state index in [9.17, 15) is 5.21 Å². The molecule has 0 atom stereocenters. The lowest BCUT2D eigenvalue weighted by atomic mass is 9.80. The molecule has 0 aromatic rings. The molecule has 0 amide bonds. The number of piperidine rings is 1. The summed E-state index contributed by atoms with van der Waals surface area (Å²) in [4.78, 5) is 2.22. The fourth-order valence-electron chi connectivity index (χ4n) is 3.71. The number of nitrogens with zero attached hydrogens (tertiary/aromatic N) is 4. The summed E-state index contributed by atoms with van der Waals surface area (Å²) in [5.74, 6) is 1.54. The molecule has 0 aliphatic carbocycles. The molecule has 0 aromatic heterocycles. The van der Waals surface area contributed by atoms with Crippen molar-refractivity contribution >= 4 is 11.7 Å². The molecule has 3 rings (SSSR count). The molecular formula is C15H27N5O2. The van der Waals surface area contributed by atoms with Gasteiger partial charge in [-0.25, -0.2) is 0 Å². The first-order valence-corrected chi connectivity index (χ1v) is 8.07. The van der Waals surface area contributed by atoms with Gasteiger partial charge in [0, 0.05) is 50.1 Å². The van der Waals surface area contributed by atoms with Crippen LogP contribution in [0.5, 0.6) is 0 Å². The van der Waals surface area contributed by atoms with Crippen molar-refractivity contribution in [2.75, 3.05) is 26.2 Å². The van der Waals surface area contributed by atoms with Gasteiger partial charge in [0.05, 0.1) is 0 Å². The minimum Gasteiger partial charge on any atom is -0.470 e. The largest absolute Gasteiger partial charge is 0.470 e. The third-order valence-electron chi connectivity index (χ3n) is 4.72. The van der Waals surface area contributed by atoms with Crippen LogP contribution in [0.15, 0.2) is 10.2 Å². The van der Waals surface area contributed by atoms with Gasteiger partial charge in [-0.1, -0.05) is 0 Å². The maximum absolute atomic E-state index is 10.4. The lowest BCUT2D eigenvalue weighted by Gasteiger charge is -2.51. The van der Waals surface area contributed by atoms with Gasteiger partial charge in [-0.3, -0.25) is 0 Å². The smallest absolute Gasteiger partial charge is 0.279 e. The predicted octanol–water partition coefficient (Wildman–Crippen LogP) is 1.04. The molecule has 124 valence electrons. The molecule has 2 N–H and O–H groups in total. The summed E-state index contributed by atoms with van der Waals surface area (Å²) >= 11 is 0. The van der Waals surface area contributed by atoms with Crippen molar-refractivity contribution in [3.05, 3.63) is 0 Å². The van der Waals surface area contributed by atoms with Crippen LogP contribution in [0.4, 0.5) is 0 Å². The first-order valence-electron chi connectivity index (χ1n) is 8.07. The van der Waals surface area contributed by atoms with E-state index in [0.717, 1.165) is 44.9 Å². The maximum Gasteiger partial charge on any atom is 0.279 e. The minimum absolute atomic E-state index is 0.0422. The van der Waals surface area contributed by atoms with Gasteiger partial charge in [-0.05, 0) is 27.7 Å². The Morgan fingerprint density at radius 3 is 2.18 bits per heavy atom. The van der Waals surface area contributed by atoms with Crippen LogP contribution in [0, 0.1) is 0 Å². The van der Waals surface area contributed by atoms with Gasteiger partial charge in [0.25, 0.3) is 5.90 Å². The Bertz CT molecular complexity index is 476. The highest BCUT2D eigenvalue weighted by atomic mass is 16.5. The summed E-state index contributed by atoms with van der Waals surface area (Å²) in [6.07, 6.45) is 1.57. The van der Waals surface area contributed by atoms with E-state index in [4.69, 9.17) is 4.74 Å². The standard InChI is InChI=1S/C15H27N5O2/c1-14(2)9-11(10-15(3,4)20(14)21)22-13-12(17-18-13)19-7-5-16-6-8-19/h11,16,21H,5-10H2,1-4H3. The van der Waals surface area contributed by atoms with Crippen molar-refractivity contribution in [3.63, 3.8) is 0 Å². The summed E-state index contributed by atoms with van der Waals surface area (Å²) in [7, 11) is 0. The van der Waals surface area contributed by atoms with Crippen molar-refractivity contribution in [1.82, 2.24) is 15.3 Å². The molecule has 22 heavy (non-hydrogen) atoms. The number of nitrogens with one attached hydrogen (secondary N) is 1. The zero-order valence-corrected chi connectivity index (χ0v) is 14.0. The Labute approximate surface area is 132 Å². The second-order valence-electron chi connectivity index (χ2n) is 7.65. The fraction of sp³-hybridized carbons (Fsp3) is 0.867. The Balaban J connectivity index is 1.62. The molecular weight excluding hydrogens is 282 g/mol. The van der Waals surface area contributed by atoms with Gasteiger partial charge < -0.3 is 20.2 Å². The number of hydroxylamine groups is 2. The molecule has 0 unspecified atom stereocenters. The van der Waals surface area contributed by atoms with Crippen LogP contribution in [-0.4, -0.2) is 70.3 Å². The van der Waals surface area contributed by atoms with Gasteiger partial charge >= 0.3 is 0 Å². The summed E-state index contributed by atoms with van der Waals surface area (Å²) < 4.78 is 6.13. The van der Waals surface area contributed by atoms with Crippen LogP contribution in [0.1, 0.15) is 40.5 Å². The minimum atomic E-state index is -0.316. The van der Waals surface area contributed by atoms with Crippen molar-refractivity contribution < 1.29 is 9.94 Å². The topological polar surface area (TPSA) is 72.7 Å². The van der Waals surface area contributed by atoms with Gasteiger partial charge in [-0.15, -0.1) is 10.2 Å². The van der Waals surface area contributed by atoms with Crippen molar-refractivity contribution in [2.45, 2.75) is 57.7 Å². The van der Waals surface area contributed by atoms with E-state index in [-0.39, 0.29) is 17.2 Å². The Morgan fingerprint density at radius 1 is 1.09 bits per heavy atom. The van der Waals surface area contributed by atoms with E-state index >= 15 is 0 Å². The summed E-state index contributed by atoms with van der Waals surface area (Å²) in [6, 6.07) is 0. The number of hydrogen-bond donors (Lipinski definition) is 2. The molecule has 7 heteroatoms. The van der Waals surface area contributed by atoms with Gasteiger partial charge in [0.2, 0.25) is 5.84 Å². The molecule has 0 aromatic carbocycles. The number of rotatable bonds is 1. The highest BCUT2D eigenvalue weighted by molar-refractivity contribution is 6.40. The number of hydrogen-bond acceptors (Lipinski definition) is 7. The SMILES string of the molecule is CC1(C)CC(OC2=NN=C2N2CCNCC2)CC(C)(C)N1O. The summed E-state index contributed by atoms with van der Waals surface area (Å²) in [5, 5.41) is 23.4. The van der Waals surface area contributed by atoms with Crippen molar-refractivity contribution in [2.24, 2.45) is 10.2 Å². The predicted molar refractivity (Wildman–Crippen MR) is 85.2 cm³/mol. The molecule has 2 fully saturated rings. The van der Waals surface area contributed by atoms with E-state index in [1.807, 2.05) is 27.7 Å². The Hall–Kier alpha value is -1.18. The third kappa shape index (κ3) is 2.85. The average Bonchev–Trinajstić information content (AvgIpc) is 2.42. The van der Waals surface area contributed by atoms with Gasteiger partial charge in [0.15, 0.2) is 0 Å². The molecule has 3 heterocycles. The Morgan fingerprint density at radius 2 is 1.68 bits per heavy atom. The van der Waals surface area contributed by atoms with E-state index in [2.05, 4.69) is 20.4 Å². The molecule has 0 saturated carbocycles. The monoisotopic (exact) mass is 309 g/mol. The second-order valence-corrected chi connectivity index (χ2v) is 7.65. The quantitative estimate of drug-likeness (QED) is 0.757. The summed E-state index contributed by atoms with van der Waals surface area (Å²) in [5.41, 5.74) is -0.633. The lowest BCUT2D eigenvalue weighted by Crippen LogP contribution is -2.61. The first kappa shape index (κ1) is 15.7. The van der Waals surface area contributed by atoms with Crippen molar-refractivity contribution in [1.29, 1.82) is 0 Å². The van der Waals surface area contributed by atoms with Crippen LogP contribution < -0.4 is 5.32 Å². The maximum atomic E-state index is 10.4. The van der Waals surface area contributed by atoms with Crippen LogP contribution in [-0.2, 0) is 4.74 Å². The zero-order chi connectivity index (χ0) is 16.0. The zero-order valence-electron chi connectivity index (χ0n) is 14.0. The molecule has 7 nitrogen and oxygen atoms in total.